The first-order chi connectivity index (χ1) is 29.9. The summed E-state index contributed by atoms with van der Waals surface area (Å²) in [4.78, 5) is 0. The number of benzene rings is 10. The Labute approximate surface area is 356 Å². The number of fused-ring (bicyclic) bond motifs is 4. The average molecular weight is 785 g/mol. The molecule has 3 heteroatoms. The van der Waals surface area contributed by atoms with Crippen LogP contribution in [-0.2, 0) is 5.41 Å². The fourth-order valence-electron chi connectivity index (χ4n) is 8.45. The average Bonchev–Trinajstić information content (AvgIpc) is 3.81. The van der Waals surface area contributed by atoms with Gasteiger partial charge in [-0.15, -0.1) is 10.2 Å². The third-order valence-electron chi connectivity index (χ3n) is 11.7. The second-order valence-corrected chi connectivity index (χ2v) is 16.6. The number of nitrogens with zero attached hydrogens (tertiary/aromatic N) is 2. The number of rotatable bonds is 5. The highest BCUT2D eigenvalue weighted by Gasteiger charge is 2.18. The summed E-state index contributed by atoms with van der Waals surface area (Å²) in [5, 5.41) is 18.7. The molecule has 61 heavy (non-hydrogen) atoms. The van der Waals surface area contributed by atoms with Crippen molar-refractivity contribution >= 4 is 43.1 Å². The summed E-state index contributed by atoms with van der Waals surface area (Å²) in [7, 11) is 0. The zero-order valence-corrected chi connectivity index (χ0v) is 34.5. The van der Waals surface area contributed by atoms with Crippen molar-refractivity contribution in [1.82, 2.24) is 10.2 Å². The SMILES string of the molecule is CC(C)(C)c1ccc(-c2nnc(-c3ccc(-c4ccccc4)cc3)o2)cc1.c1ccc2cc(-c3c4ccccc4c(-c4ccc5ccccc5c4)c4ccccc34)ccc2c1. The molecule has 1 heterocycles. The van der Waals surface area contributed by atoms with E-state index in [-0.39, 0.29) is 5.41 Å². The Balaban J connectivity index is 0.000000150. The molecule has 0 amide bonds. The van der Waals surface area contributed by atoms with Gasteiger partial charge in [-0.1, -0.05) is 197 Å². The van der Waals surface area contributed by atoms with Gasteiger partial charge in [0.2, 0.25) is 11.8 Å². The molecule has 0 atom stereocenters. The van der Waals surface area contributed by atoms with Gasteiger partial charge in [-0.3, -0.25) is 0 Å². The number of hydrogen-bond donors (Lipinski definition) is 0. The van der Waals surface area contributed by atoms with E-state index in [1.807, 2.05) is 42.5 Å². The second kappa shape index (κ2) is 15.9. The van der Waals surface area contributed by atoms with E-state index in [9.17, 15) is 0 Å². The third-order valence-corrected chi connectivity index (χ3v) is 11.7. The first-order valence-electron chi connectivity index (χ1n) is 20.9. The van der Waals surface area contributed by atoms with Crippen molar-refractivity contribution in [2.45, 2.75) is 26.2 Å². The topological polar surface area (TPSA) is 38.9 Å². The van der Waals surface area contributed by atoms with E-state index in [2.05, 4.69) is 201 Å². The van der Waals surface area contributed by atoms with Crippen LogP contribution in [0.3, 0.4) is 0 Å². The van der Waals surface area contributed by atoms with Crippen LogP contribution >= 0.6 is 0 Å². The van der Waals surface area contributed by atoms with Gasteiger partial charge < -0.3 is 4.42 Å². The molecule has 0 aliphatic rings. The van der Waals surface area contributed by atoms with E-state index in [1.165, 1.54) is 76.5 Å². The lowest BCUT2D eigenvalue weighted by Gasteiger charge is -2.18. The Morgan fingerprint density at radius 2 is 0.656 bits per heavy atom. The fraction of sp³-hybridized carbons (Fsp3) is 0.0690. The minimum Gasteiger partial charge on any atom is -0.416 e. The minimum atomic E-state index is 0.124. The normalized spacial score (nSPS) is 11.5. The molecule has 11 rings (SSSR count). The van der Waals surface area contributed by atoms with Gasteiger partial charge in [0, 0.05) is 11.1 Å². The third kappa shape index (κ3) is 7.47. The van der Waals surface area contributed by atoms with E-state index in [0.717, 1.165) is 16.7 Å². The molecule has 0 aliphatic carbocycles. The van der Waals surface area contributed by atoms with Gasteiger partial charge in [-0.25, -0.2) is 0 Å². The van der Waals surface area contributed by atoms with Gasteiger partial charge in [0.1, 0.15) is 0 Å². The molecule has 1 aromatic heterocycles. The predicted molar refractivity (Wildman–Crippen MR) is 257 cm³/mol. The van der Waals surface area contributed by atoms with E-state index in [4.69, 9.17) is 4.42 Å². The lowest BCUT2D eigenvalue weighted by atomic mass is 9.85. The van der Waals surface area contributed by atoms with Crippen LogP contribution in [0.25, 0.3) is 99.4 Å². The molecule has 11 aromatic rings. The summed E-state index contributed by atoms with van der Waals surface area (Å²) in [5.74, 6) is 1.07. The Hall–Kier alpha value is -7.62. The molecule has 0 saturated heterocycles. The standard InChI is InChI=1S/C34H22.C24H22N2O/c1-3-11-25-21-27(19-17-23(25)9-1)33-29-13-5-7-15-31(29)34(32-16-8-6-14-30(32)33)28-20-18-24-10-2-4-12-26(24)22-28;1-24(2,3)21-15-13-20(14-16-21)23-26-25-22(27-23)19-11-9-18(10-12-19)17-7-5-4-6-8-17/h1-22H;4-16H,1-3H3. The highest BCUT2D eigenvalue weighted by Crippen LogP contribution is 2.44. The highest BCUT2D eigenvalue weighted by atomic mass is 16.4. The number of hydrogen-bond acceptors (Lipinski definition) is 3. The van der Waals surface area contributed by atoms with Crippen LogP contribution in [0.4, 0.5) is 0 Å². The van der Waals surface area contributed by atoms with Gasteiger partial charge in [0.25, 0.3) is 0 Å². The van der Waals surface area contributed by atoms with Crippen molar-refractivity contribution in [3.8, 4) is 56.3 Å². The fourth-order valence-corrected chi connectivity index (χ4v) is 8.45. The number of aromatic nitrogens is 2. The molecule has 292 valence electrons. The molecule has 0 saturated carbocycles. The van der Waals surface area contributed by atoms with Crippen molar-refractivity contribution in [2.75, 3.05) is 0 Å². The van der Waals surface area contributed by atoms with Crippen molar-refractivity contribution in [2.24, 2.45) is 0 Å². The van der Waals surface area contributed by atoms with Crippen LogP contribution in [0, 0.1) is 0 Å². The first kappa shape index (κ1) is 37.6. The molecule has 0 unspecified atom stereocenters. The van der Waals surface area contributed by atoms with Crippen LogP contribution in [0.2, 0.25) is 0 Å². The Morgan fingerprint density at radius 1 is 0.311 bits per heavy atom. The second-order valence-electron chi connectivity index (χ2n) is 16.6. The molecule has 0 spiro atoms. The van der Waals surface area contributed by atoms with Crippen LogP contribution in [0.5, 0.6) is 0 Å². The van der Waals surface area contributed by atoms with Gasteiger partial charge in [0.05, 0.1) is 0 Å². The minimum absolute atomic E-state index is 0.124. The summed E-state index contributed by atoms with van der Waals surface area (Å²) in [6.45, 7) is 6.60. The summed E-state index contributed by atoms with van der Waals surface area (Å²) in [5.41, 5.74) is 10.7. The first-order valence-corrected chi connectivity index (χ1v) is 20.9. The van der Waals surface area contributed by atoms with Gasteiger partial charge in [0.15, 0.2) is 0 Å². The van der Waals surface area contributed by atoms with E-state index < -0.39 is 0 Å². The maximum atomic E-state index is 5.90. The van der Waals surface area contributed by atoms with Gasteiger partial charge in [-0.05, 0) is 124 Å². The maximum absolute atomic E-state index is 5.90. The molecule has 3 nitrogen and oxygen atoms in total. The summed E-state index contributed by atoms with van der Waals surface area (Å²) in [6, 6.07) is 75.4. The zero-order chi connectivity index (χ0) is 41.3. The van der Waals surface area contributed by atoms with Crippen molar-refractivity contribution in [3.63, 3.8) is 0 Å². The van der Waals surface area contributed by atoms with Crippen LogP contribution in [0.15, 0.2) is 217 Å². The van der Waals surface area contributed by atoms with Crippen molar-refractivity contribution in [3.05, 3.63) is 218 Å². The van der Waals surface area contributed by atoms with Crippen molar-refractivity contribution < 1.29 is 4.42 Å². The summed E-state index contributed by atoms with van der Waals surface area (Å²) < 4.78 is 5.90. The smallest absolute Gasteiger partial charge is 0.248 e. The quantitative estimate of drug-likeness (QED) is 0.163. The van der Waals surface area contributed by atoms with Crippen LogP contribution in [0.1, 0.15) is 26.3 Å². The Kier molecular flexibility index (Phi) is 9.78. The van der Waals surface area contributed by atoms with Crippen LogP contribution in [-0.4, -0.2) is 10.2 Å². The van der Waals surface area contributed by atoms with E-state index in [0.29, 0.717) is 11.8 Å². The summed E-state index contributed by atoms with van der Waals surface area (Å²) in [6.07, 6.45) is 0. The van der Waals surface area contributed by atoms with Gasteiger partial charge >= 0.3 is 0 Å². The molecule has 0 fully saturated rings. The highest BCUT2D eigenvalue weighted by molar-refractivity contribution is 6.22. The Morgan fingerprint density at radius 3 is 1.10 bits per heavy atom. The zero-order valence-electron chi connectivity index (χ0n) is 34.5. The molecule has 0 aliphatic heterocycles. The largest absolute Gasteiger partial charge is 0.416 e. The van der Waals surface area contributed by atoms with Crippen LogP contribution < -0.4 is 0 Å². The molecule has 10 aromatic carbocycles. The molecule has 0 bridgehead atoms. The van der Waals surface area contributed by atoms with Gasteiger partial charge in [-0.2, -0.15) is 0 Å². The Bertz CT molecular complexity index is 3130. The molecular formula is C58H44N2O. The maximum Gasteiger partial charge on any atom is 0.248 e. The molecule has 0 N–H and O–H groups in total. The predicted octanol–water partition coefficient (Wildman–Crippen LogP) is 16.0. The lowest BCUT2D eigenvalue weighted by Crippen LogP contribution is -2.10. The molecular weight excluding hydrogens is 741 g/mol. The molecule has 0 radical (unpaired) electrons. The monoisotopic (exact) mass is 784 g/mol. The van der Waals surface area contributed by atoms with Crippen molar-refractivity contribution in [1.29, 1.82) is 0 Å². The summed E-state index contributed by atoms with van der Waals surface area (Å²) >= 11 is 0. The van der Waals surface area contributed by atoms with E-state index >= 15 is 0 Å². The lowest BCUT2D eigenvalue weighted by molar-refractivity contribution is 0.582. The van der Waals surface area contributed by atoms with E-state index in [1.54, 1.807) is 0 Å².